The third kappa shape index (κ3) is 4.65. The Balaban J connectivity index is 2.50. The van der Waals surface area contributed by atoms with Crippen LogP contribution >= 0.6 is 0 Å². The van der Waals surface area contributed by atoms with E-state index in [1.807, 2.05) is 6.07 Å². The lowest BCUT2D eigenvalue weighted by atomic mass is 9.95. The van der Waals surface area contributed by atoms with Gasteiger partial charge in [-0.25, -0.2) is 4.39 Å². The second-order valence-corrected chi connectivity index (χ2v) is 5.52. The van der Waals surface area contributed by atoms with Crippen LogP contribution in [0.5, 0.6) is 5.75 Å². The van der Waals surface area contributed by atoms with Crippen molar-refractivity contribution in [2.45, 2.75) is 34.1 Å². The van der Waals surface area contributed by atoms with Crippen LogP contribution in [0, 0.1) is 18.2 Å². The monoisotopic (exact) mass is 253 g/mol. The zero-order valence-electron chi connectivity index (χ0n) is 11.8. The maximum Gasteiger partial charge on any atom is 0.167 e. The molecule has 0 saturated carbocycles. The smallest absolute Gasteiger partial charge is 0.167 e. The van der Waals surface area contributed by atoms with Crippen LogP contribution < -0.4 is 10.1 Å². The van der Waals surface area contributed by atoms with Gasteiger partial charge in [-0.1, -0.05) is 32.9 Å². The summed E-state index contributed by atoms with van der Waals surface area (Å²) < 4.78 is 19.3. The molecule has 0 aromatic heterocycles. The summed E-state index contributed by atoms with van der Waals surface area (Å²) in [4.78, 5) is 0. The fraction of sp³-hybridized carbons (Fsp3) is 0.600. The molecule has 1 rings (SSSR count). The van der Waals surface area contributed by atoms with Gasteiger partial charge in [-0.05, 0) is 31.5 Å². The Bertz CT molecular complexity index is 377. The third-order valence-corrected chi connectivity index (χ3v) is 2.81. The first-order valence-electron chi connectivity index (χ1n) is 6.55. The molecule has 102 valence electrons. The SMILES string of the molecule is CCCNCC(C)(C)COc1cccc(C)c1F. The Morgan fingerprint density at radius 3 is 2.72 bits per heavy atom. The number of rotatable bonds is 7. The van der Waals surface area contributed by atoms with Crippen LogP contribution in [-0.2, 0) is 0 Å². The molecule has 0 aliphatic heterocycles. The molecule has 0 unspecified atom stereocenters. The number of nitrogens with one attached hydrogen (secondary N) is 1. The molecule has 1 N–H and O–H groups in total. The first-order chi connectivity index (χ1) is 8.46. The molecule has 1 aromatic carbocycles. The highest BCUT2D eigenvalue weighted by atomic mass is 19.1. The average molecular weight is 253 g/mol. The zero-order valence-corrected chi connectivity index (χ0v) is 11.8. The fourth-order valence-electron chi connectivity index (χ4n) is 1.66. The van der Waals surface area contributed by atoms with Gasteiger partial charge in [0, 0.05) is 12.0 Å². The van der Waals surface area contributed by atoms with Crippen molar-refractivity contribution in [3.63, 3.8) is 0 Å². The minimum atomic E-state index is -0.255. The van der Waals surface area contributed by atoms with E-state index in [4.69, 9.17) is 4.74 Å². The number of ether oxygens (including phenoxy) is 1. The van der Waals surface area contributed by atoms with Gasteiger partial charge >= 0.3 is 0 Å². The highest BCUT2D eigenvalue weighted by Crippen LogP contribution is 2.22. The van der Waals surface area contributed by atoms with Gasteiger partial charge in [0.25, 0.3) is 0 Å². The van der Waals surface area contributed by atoms with Crippen molar-refractivity contribution >= 4 is 0 Å². The Morgan fingerprint density at radius 1 is 1.33 bits per heavy atom. The van der Waals surface area contributed by atoms with Crippen molar-refractivity contribution in [1.82, 2.24) is 5.32 Å². The fourth-order valence-corrected chi connectivity index (χ4v) is 1.66. The van der Waals surface area contributed by atoms with Gasteiger partial charge in [-0.3, -0.25) is 0 Å². The van der Waals surface area contributed by atoms with E-state index in [-0.39, 0.29) is 11.2 Å². The predicted octanol–water partition coefficient (Wildman–Crippen LogP) is 3.54. The largest absolute Gasteiger partial charge is 0.490 e. The average Bonchev–Trinajstić information content (AvgIpc) is 2.31. The van der Waals surface area contributed by atoms with Crippen molar-refractivity contribution < 1.29 is 9.13 Å². The van der Waals surface area contributed by atoms with Crippen LogP contribution in [0.2, 0.25) is 0 Å². The van der Waals surface area contributed by atoms with Crippen molar-refractivity contribution in [2.24, 2.45) is 5.41 Å². The number of hydrogen-bond donors (Lipinski definition) is 1. The lowest BCUT2D eigenvalue weighted by Gasteiger charge is -2.25. The van der Waals surface area contributed by atoms with Crippen LogP contribution in [0.25, 0.3) is 0 Å². The molecule has 3 heteroatoms. The standard InChI is InChI=1S/C15H24FNO/c1-5-9-17-10-15(3,4)11-18-13-8-6-7-12(2)14(13)16/h6-8,17H,5,9-11H2,1-4H3. The molecule has 0 amide bonds. The summed E-state index contributed by atoms with van der Waals surface area (Å²) in [6, 6.07) is 5.24. The van der Waals surface area contributed by atoms with Gasteiger partial charge in [0.1, 0.15) is 0 Å². The lowest BCUT2D eigenvalue weighted by molar-refractivity contribution is 0.171. The topological polar surface area (TPSA) is 21.3 Å². The van der Waals surface area contributed by atoms with Gasteiger partial charge in [0.2, 0.25) is 0 Å². The van der Waals surface area contributed by atoms with E-state index in [9.17, 15) is 4.39 Å². The molecular formula is C15H24FNO. The highest BCUT2D eigenvalue weighted by Gasteiger charge is 2.19. The van der Waals surface area contributed by atoms with E-state index in [0.29, 0.717) is 17.9 Å². The van der Waals surface area contributed by atoms with Crippen LogP contribution in [0.4, 0.5) is 4.39 Å². The molecule has 0 saturated heterocycles. The molecule has 0 fully saturated rings. The van der Waals surface area contributed by atoms with E-state index in [1.54, 1.807) is 19.1 Å². The number of halogens is 1. The van der Waals surface area contributed by atoms with Crippen molar-refractivity contribution in [3.05, 3.63) is 29.6 Å². The summed E-state index contributed by atoms with van der Waals surface area (Å²) in [6.45, 7) is 10.5. The summed E-state index contributed by atoms with van der Waals surface area (Å²) in [6.07, 6.45) is 1.11. The van der Waals surface area contributed by atoms with E-state index in [0.717, 1.165) is 19.5 Å². The first-order valence-corrected chi connectivity index (χ1v) is 6.55. The quantitative estimate of drug-likeness (QED) is 0.750. The van der Waals surface area contributed by atoms with E-state index < -0.39 is 0 Å². The molecule has 0 atom stereocenters. The highest BCUT2D eigenvalue weighted by molar-refractivity contribution is 5.30. The Labute approximate surface area is 110 Å². The second-order valence-electron chi connectivity index (χ2n) is 5.52. The minimum Gasteiger partial charge on any atom is -0.490 e. The number of benzene rings is 1. The van der Waals surface area contributed by atoms with Crippen molar-refractivity contribution in [2.75, 3.05) is 19.7 Å². The molecule has 0 bridgehead atoms. The Hall–Kier alpha value is -1.09. The predicted molar refractivity (Wildman–Crippen MR) is 73.6 cm³/mol. The normalized spacial score (nSPS) is 11.6. The Kier molecular flexibility index (Phi) is 5.60. The summed E-state index contributed by atoms with van der Waals surface area (Å²) in [5, 5.41) is 3.36. The van der Waals surface area contributed by atoms with Crippen LogP contribution in [-0.4, -0.2) is 19.7 Å². The summed E-state index contributed by atoms with van der Waals surface area (Å²) in [7, 11) is 0. The Morgan fingerprint density at radius 2 is 2.06 bits per heavy atom. The molecule has 0 aliphatic rings. The summed E-state index contributed by atoms with van der Waals surface area (Å²) >= 11 is 0. The minimum absolute atomic E-state index is 0.00858. The van der Waals surface area contributed by atoms with Gasteiger partial charge in [0.15, 0.2) is 11.6 Å². The lowest BCUT2D eigenvalue weighted by Crippen LogP contribution is -2.34. The summed E-state index contributed by atoms with van der Waals surface area (Å²) in [5.74, 6) is 0.0911. The first kappa shape index (κ1) is 15.0. The van der Waals surface area contributed by atoms with Crippen LogP contribution in [0.1, 0.15) is 32.8 Å². The van der Waals surface area contributed by atoms with Crippen LogP contribution in [0.15, 0.2) is 18.2 Å². The van der Waals surface area contributed by atoms with E-state index in [1.165, 1.54) is 0 Å². The van der Waals surface area contributed by atoms with Gasteiger partial charge in [-0.2, -0.15) is 0 Å². The molecule has 2 nitrogen and oxygen atoms in total. The zero-order chi connectivity index (χ0) is 13.6. The summed E-state index contributed by atoms with van der Waals surface area (Å²) in [5.41, 5.74) is 0.611. The molecule has 0 aliphatic carbocycles. The molecule has 0 heterocycles. The second kappa shape index (κ2) is 6.74. The maximum absolute atomic E-state index is 13.7. The van der Waals surface area contributed by atoms with Crippen molar-refractivity contribution in [1.29, 1.82) is 0 Å². The molecular weight excluding hydrogens is 229 g/mol. The maximum atomic E-state index is 13.7. The van der Waals surface area contributed by atoms with Gasteiger partial charge in [0.05, 0.1) is 6.61 Å². The number of aryl methyl sites for hydroxylation is 1. The molecule has 0 spiro atoms. The van der Waals surface area contributed by atoms with Gasteiger partial charge in [-0.15, -0.1) is 0 Å². The van der Waals surface area contributed by atoms with Gasteiger partial charge < -0.3 is 10.1 Å². The van der Waals surface area contributed by atoms with Crippen molar-refractivity contribution in [3.8, 4) is 5.75 Å². The third-order valence-electron chi connectivity index (χ3n) is 2.81. The number of hydrogen-bond acceptors (Lipinski definition) is 2. The van der Waals surface area contributed by atoms with Crippen LogP contribution in [0.3, 0.4) is 0 Å². The molecule has 18 heavy (non-hydrogen) atoms. The van der Waals surface area contributed by atoms with E-state index >= 15 is 0 Å². The molecule has 1 aromatic rings. The van der Waals surface area contributed by atoms with E-state index in [2.05, 4.69) is 26.1 Å². The molecule has 0 radical (unpaired) electrons.